The van der Waals surface area contributed by atoms with Crippen molar-refractivity contribution in [2.24, 2.45) is 0 Å². The second-order valence-electron chi connectivity index (χ2n) is 24.7. The van der Waals surface area contributed by atoms with Gasteiger partial charge in [0, 0.05) is 34.1 Å². The molecule has 0 unspecified atom stereocenters. The van der Waals surface area contributed by atoms with E-state index in [1.165, 1.54) is 89.5 Å². The molecule has 0 saturated heterocycles. The molecule has 0 fully saturated rings. The van der Waals surface area contributed by atoms with Crippen LogP contribution in [0.4, 0.5) is 34.1 Å². The van der Waals surface area contributed by atoms with Gasteiger partial charge in [0.25, 0.3) is 6.71 Å². The Kier molecular flexibility index (Phi) is 8.31. The molecule has 2 aliphatic carbocycles. The first kappa shape index (κ1) is 40.2. The zero-order valence-corrected chi connectivity index (χ0v) is 39.5. The van der Waals surface area contributed by atoms with Crippen molar-refractivity contribution in [3.8, 4) is 0 Å². The van der Waals surface area contributed by atoms with Crippen LogP contribution >= 0.6 is 0 Å². The van der Waals surface area contributed by atoms with Crippen molar-refractivity contribution in [2.75, 3.05) is 9.80 Å². The summed E-state index contributed by atoms with van der Waals surface area (Å²) < 4.78 is 0. The van der Waals surface area contributed by atoms with E-state index < -0.39 is 0 Å². The van der Waals surface area contributed by atoms with Crippen LogP contribution < -0.4 is 26.2 Å². The number of benzene rings is 5. The number of fused-ring (bicyclic) bond motifs is 6. The van der Waals surface area contributed by atoms with E-state index in [1.54, 1.807) is 0 Å². The van der Waals surface area contributed by atoms with E-state index in [1.807, 2.05) is 0 Å². The van der Waals surface area contributed by atoms with Crippen molar-refractivity contribution in [1.82, 2.24) is 0 Å². The monoisotopic (exact) mass is 781 g/mol. The molecule has 0 atom stereocenters. The van der Waals surface area contributed by atoms with Gasteiger partial charge in [-0.3, -0.25) is 0 Å². The van der Waals surface area contributed by atoms with Gasteiger partial charge >= 0.3 is 0 Å². The molecule has 2 heterocycles. The number of hydrogen-bond acceptors (Lipinski definition) is 2. The maximum atomic E-state index is 2.70. The Balaban J connectivity index is 1.44. The molecular formula is C56H69BN2. The smallest absolute Gasteiger partial charge is 0.252 e. The third-order valence-electron chi connectivity index (χ3n) is 14.9. The minimum atomic E-state index is -0.0732. The summed E-state index contributed by atoms with van der Waals surface area (Å²) in [7, 11) is 0. The molecule has 0 N–H and O–H groups in total. The van der Waals surface area contributed by atoms with Crippen molar-refractivity contribution in [3.05, 3.63) is 124 Å². The van der Waals surface area contributed by atoms with Crippen LogP contribution in [0.5, 0.6) is 0 Å². The second-order valence-corrected chi connectivity index (χ2v) is 24.7. The molecule has 9 rings (SSSR count). The Morgan fingerprint density at radius 1 is 0.407 bits per heavy atom. The number of anilines is 6. The van der Waals surface area contributed by atoms with Gasteiger partial charge in [-0.05, 0) is 155 Å². The first-order chi connectivity index (χ1) is 27.1. The molecule has 2 nitrogen and oxygen atoms in total. The fourth-order valence-corrected chi connectivity index (χ4v) is 12.1. The molecule has 306 valence electrons. The SMILES string of the molecule is CC(C)(C)c1cccc(N2c3ccc(C(C)(C)C)cc3B3c4cc5c(cc4N(c4ccc6c(c4)C(C)(C)CC6(C)C)c4cc(C(C)(C)C)cc2c43)C(C)(C)CC5(C)C)c1. The quantitative estimate of drug-likeness (QED) is 0.161. The van der Waals surface area contributed by atoms with Gasteiger partial charge < -0.3 is 9.80 Å². The molecule has 5 aromatic carbocycles. The predicted octanol–water partition coefficient (Wildman–Crippen LogP) is 13.6. The Bertz CT molecular complexity index is 2580. The van der Waals surface area contributed by atoms with Crippen molar-refractivity contribution >= 4 is 57.2 Å². The van der Waals surface area contributed by atoms with Crippen LogP contribution in [0.2, 0.25) is 0 Å². The zero-order chi connectivity index (χ0) is 42.8. The van der Waals surface area contributed by atoms with Gasteiger partial charge in [0.15, 0.2) is 0 Å². The van der Waals surface area contributed by atoms with Gasteiger partial charge in [0.05, 0.1) is 0 Å². The van der Waals surface area contributed by atoms with Crippen LogP contribution in [0.15, 0.2) is 84.9 Å². The molecule has 2 aliphatic heterocycles. The van der Waals surface area contributed by atoms with Crippen molar-refractivity contribution in [1.29, 1.82) is 0 Å². The Hall–Kier alpha value is -4.24. The molecular weight excluding hydrogens is 711 g/mol. The molecule has 0 spiro atoms. The van der Waals surface area contributed by atoms with Gasteiger partial charge in [-0.1, -0.05) is 154 Å². The average molecular weight is 781 g/mol. The summed E-state index contributed by atoms with van der Waals surface area (Å²) >= 11 is 0. The largest absolute Gasteiger partial charge is 0.311 e. The fourth-order valence-electron chi connectivity index (χ4n) is 12.1. The topological polar surface area (TPSA) is 6.48 Å². The fraction of sp³-hybridized carbons (Fsp3) is 0.464. The minimum absolute atomic E-state index is 0.00366. The Morgan fingerprint density at radius 2 is 0.881 bits per heavy atom. The first-order valence-corrected chi connectivity index (χ1v) is 22.5. The van der Waals surface area contributed by atoms with Gasteiger partial charge in [-0.15, -0.1) is 0 Å². The zero-order valence-electron chi connectivity index (χ0n) is 39.5. The summed E-state index contributed by atoms with van der Waals surface area (Å²) in [5, 5.41) is 0. The second kappa shape index (κ2) is 12.2. The van der Waals surface area contributed by atoms with Gasteiger partial charge in [0.1, 0.15) is 0 Å². The standard InChI is InChI=1S/C56H69BN2/c1-50(2,3)34-19-18-20-37(25-34)58-45-24-21-35(51(4,5)6)26-43(45)57-44-30-41-42(56(16,17)33-55(41,14)15)31-46(44)59(48-28-36(52(7,8)9)27-47(58)49(48)57)38-22-23-39-40(29-38)54(12,13)32-53(39,10)11/h18-31H,32-33H2,1-17H3. The predicted molar refractivity (Wildman–Crippen MR) is 258 cm³/mol. The van der Waals surface area contributed by atoms with Crippen LogP contribution in [-0.2, 0) is 37.9 Å². The maximum Gasteiger partial charge on any atom is 0.252 e. The third-order valence-corrected chi connectivity index (χ3v) is 14.9. The molecule has 3 heteroatoms. The Labute approximate surface area is 357 Å². The molecule has 59 heavy (non-hydrogen) atoms. The van der Waals surface area contributed by atoms with Crippen molar-refractivity contribution in [2.45, 2.75) is 168 Å². The molecule has 4 aliphatic rings. The van der Waals surface area contributed by atoms with E-state index in [0.717, 1.165) is 12.8 Å². The maximum absolute atomic E-state index is 2.70. The summed E-state index contributed by atoms with van der Waals surface area (Å²) in [6, 6.07) is 34.7. The van der Waals surface area contributed by atoms with E-state index in [2.05, 4.69) is 212 Å². The summed E-state index contributed by atoms with van der Waals surface area (Å²) in [5.74, 6) is 0. The first-order valence-electron chi connectivity index (χ1n) is 22.5. The van der Waals surface area contributed by atoms with Crippen LogP contribution in [-0.4, -0.2) is 6.71 Å². The lowest BCUT2D eigenvalue weighted by Gasteiger charge is -2.46. The molecule has 0 saturated carbocycles. The summed E-state index contributed by atoms with van der Waals surface area (Å²) in [6.45, 7) is 41.0. The summed E-state index contributed by atoms with van der Waals surface area (Å²) in [5.41, 5.74) is 22.4. The van der Waals surface area contributed by atoms with E-state index in [4.69, 9.17) is 0 Å². The molecule has 0 bridgehead atoms. The van der Waals surface area contributed by atoms with E-state index >= 15 is 0 Å². The summed E-state index contributed by atoms with van der Waals surface area (Å²) in [4.78, 5) is 5.32. The highest BCUT2D eigenvalue weighted by Crippen LogP contribution is 2.55. The van der Waals surface area contributed by atoms with Gasteiger partial charge in [-0.2, -0.15) is 0 Å². The lowest BCUT2D eigenvalue weighted by Crippen LogP contribution is -2.62. The van der Waals surface area contributed by atoms with Crippen LogP contribution in [0, 0.1) is 0 Å². The number of hydrogen-bond donors (Lipinski definition) is 0. The minimum Gasteiger partial charge on any atom is -0.311 e. The van der Waals surface area contributed by atoms with Gasteiger partial charge in [-0.25, -0.2) is 0 Å². The van der Waals surface area contributed by atoms with Crippen molar-refractivity contribution < 1.29 is 0 Å². The molecule has 0 radical (unpaired) electrons. The number of rotatable bonds is 2. The van der Waals surface area contributed by atoms with Crippen LogP contribution in [0.3, 0.4) is 0 Å². The van der Waals surface area contributed by atoms with Crippen LogP contribution in [0.25, 0.3) is 0 Å². The third kappa shape index (κ3) is 6.09. The van der Waals surface area contributed by atoms with E-state index in [-0.39, 0.29) is 44.6 Å². The van der Waals surface area contributed by atoms with Crippen LogP contribution in [0.1, 0.15) is 169 Å². The lowest BCUT2D eigenvalue weighted by atomic mass is 9.33. The highest BCUT2D eigenvalue weighted by molar-refractivity contribution is 7.00. The van der Waals surface area contributed by atoms with E-state index in [9.17, 15) is 0 Å². The Morgan fingerprint density at radius 3 is 1.46 bits per heavy atom. The molecule has 0 amide bonds. The van der Waals surface area contributed by atoms with Gasteiger partial charge in [0.2, 0.25) is 0 Å². The average Bonchev–Trinajstić information content (AvgIpc) is 3.42. The normalized spacial score (nSPS) is 19.2. The lowest BCUT2D eigenvalue weighted by molar-refractivity contribution is 0.403. The molecule has 5 aromatic rings. The highest BCUT2D eigenvalue weighted by atomic mass is 15.2. The van der Waals surface area contributed by atoms with E-state index in [0.29, 0.717) is 0 Å². The van der Waals surface area contributed by atoms with Crippen molar-refractivity contribution in [3.63, 3.8) is 0 Å². The highest BCUT2D eigenvalue weighted by Gasteiger charge is 2.49. The molecule has 0 aromatic heterocycles. The number of nitrogens with zero attached hydrogens (tertiary/aromatic N) is 2. The summed E-state index contributed by atoms with van der Waals surface area (Å²) in [6.07, 6.45) is 2.29.